The number of benzene rings is 2. The van der Waals surface area contributed by atoms with Gasteiger partial charge in [0.05, 0.1) is 18.9 Å². The van der Waals surface area contributed by atoms with Crippen LogP contribution in [0.5, 0.6) is 0 Å². The molecule has 0 aromatic heterocycles. The molecule has 1 N–H and O–H groups in total. The van der Waals surface area contributed by atoms with E-state index in [1.165, 1.54) is 5.56 Å². The molecule has 0 radical (unpaired) electrons. The lowest BCUT2D eigenvalue weighted by molar-refractivity contribution is -0.142. The zero-order valence-electron chi connectivity index (χ0n) is 16.7. The first-order chi connectivity index (χ1) is 14.0. The van der Waals surface area contributed by atoms with Crippen LogP contribution in [0.25, 0.3) is 0 Å². The molecule has 1 aliphatic heterocycles. The summed E-state index contributed by atoms with van der Waals surface area (Å²) >= 11 is 5.96. The lowest BCUT2D eigenvalue weighted by atomic mass is 9.96. The van der Waals surface area contributed by atoms with E-state index in [0.29, 0.717) is 6.61 Å². The molecule has 1 heterocycles. The maximum absolute atomic E-state index is 12.7. The third kappa shape index (κ3) is 6.58. The first-order valence-electron chi connectivity index (χ1n) is 10.1. The molecule has 29 heavy (non-hydrogen) atoms. The first-order valence-corrected chi connectivity index (χ1v) is 10.4. The van der Waals surface area contributed by atoms with Crippen LogP contribution in [0.1, 0.15) is 30.9 Å². The number of rotatable bonds is 7. The highest BCUT2D eigenvalue weighted by atomic mass is 35.5. The molecule has 2 aromatic carbocycles. The molecule has 1 atom stereocenters. The Morgan fingerprint density at radius 1 is 1.10 bits per heavy atom. The zero-order valence-corrected chi connectivity index (χ0v) is 17.5. The molecule has 1 unspecified atom stereocenters. The Labute approximate surface area is 177 Å². The van der Waals surface area contributed by atoms with Crippen LogP contribution < -0.4 is 5.32 Å². The normalized spacial score (nSPS) is 17.0. The molecule has 0 bridgehead atoms. The highest BCUT2D eigenvalue weighted by molar-refractivity contribution is 6.30. The summed E-state index contributed by atoms with van der Waals surface area (Å²) in [6, 6.07) is 15.2. The molecule has 6 heteroatoms. The van der Waals surface area contributed by atoms with E-state index in [1.54, 1.807) is 6.92 Å². The number of halogens is 1. The number of anilines is 1. The summed E-state index contributed by atoms with van der Waals surface area (Å²) in [4.78, 5) is 26.6. The van der Waals surface area contributed by atoms with Crippen molar-refractivity contribution in [2.45, 2.75) is 32.7 Å². The van der Waals surface area contributed by atoms with Gasteiger partial charge in [0, 0.05) is 23.8 Å². The second kappa shape index (κ2) is 10.4. The van der Waals surface area contributed by atoms with Gasteiger partial charge in [-0.1, -0.05) is 35.9 Å². The Hall–Kier alpha value is -2.37. The summed E-state index contributed by atoms with van der Waals surface area (Å²) in [6.07, 6.45) is 2.14. The number of piperidine rings is 1. The van der Waals surface area contributed by atoms with Crippen molar-refractivity contribution in [3.63, 3.8) is 0 Å². The van der Waals surface area contributed by atoms with Gasteiger partial charge in [0.15, 0.2) is 0 Å². The Bertz CT molecular complexity index is 821. The monoisotopic (exact) mass is 414 g/mol. The van der Waals surface area contributed by atoms with Gasteiger partial charge in [0.25, 0.3) is 0 Å². The van der Waals surface area contributed by atoms with Gasteiger partial charge in [-0.3, -0.25) is 14.5 Å². The van der Waals surface area contributed by atoms with Crippen LogP contribution in [0.15, 0.2) is 48.5 Å². The standard InChI is InChI=1S/C23H27ClN2O3/c1-2-29-22(27)14-17-7-11-21(12-8-17)25-23(28)19-4-3-13-26(16-19)15-18-5-9-20(24)10-6-18/h5-12,19H,2-4,13-16H2,1H3,(H,25,28). The number of nitrogens with zero attached hydrogens (tertiary/aromatic N) is 1. The summed E-state index contributed by atoms with van der Waals surface area (Å²) in [5.41, 5.74) is 2.82. The van der Waals surface area contributed by atoms with Gasteiger partial charge in [-0.05, 0) is 61.7 Å². The Morgan fingerprint density at radius 2 is 1.79 bits per heavy atom. The van der Waals surface area contributed by atoms with Crippen LogP contribution >= 0.6 is 11.6 Å². The third-order valence-electron chi connectivity index (χ3n) is 5.07. The van der Waals surface area contributed by atoms with Gasteiger partial charge in [0.1, 0.15) is 0 Å². The minimum absolute atomic E-state index is 0.0322. The van der Waals surface area contributed by atoms with E-state index in [1.807, 2.05) is 48.5 Å². The number of ether oxygens (including phenoxy) is 1. The van der Waals surface area contributed by atoms with Gasteiger partial charge in [-0.2, -0.15) is 0 Å². The predicted octanol–water partition coefficient (Wildman–Crippen LogP) is 4.30. The third-order valence-corrected chi connectivity index (χ3v) is 5.32. The predicted molar refractivity (Wildman–Crippen MR) is 115 cm³/mol. The lowest BCUT2D eigenvalue weighted by Crippen LogP contribution is -2.40. The average molecular weight is 415 g/mol. The van der Waals surface area contributed by atoms with Crippen LogP contribution in [-0.2, 0) is 27.3 Å². The van der Waals surface area contributed by atoms with Crippen molar-refractivity contribution < 1.29 is 14.3 Å². The summed E-state index contributed by atoms with van der Waals surface area (Å²) in [5.74, 6) is -0.230. The van der Waals surface area contributed by atoms with Crippen LogP contribution in [0.3, 0.4) is 0 Å². The van der Waals surface area contributed by atoms with E-state index >= 15 is 0 Å². The number of hydrogen-bond acceptors (Lipinski definition) is 4. The fourth-order valence-electron chi connectivity index (χ4n) is 3.59. The molecule has 1 aliphatic rings. The van der Waals surface area contributed by atoms with Crippen molar-refractivity contribution in [1.29, 1.82) is 0 Å². The van der Waals surface area contributed by atoms with Crippen molar-refractivity contribution in [3.05, 3.63) is 64.7 Å². The second-order valence-electron chi connectivity index (χ2n) is 7.37. The van der Waals surface area contributed by atoms with E-state index in [2.05, 4.69) is 10.2 Å². The van der Waals surface area contributed by atoms with Crippen molar-refractivity contribution in [2.75, 3.05) is 25.0 Å². The van der Waals surface area contributed by atoms with E-state index in [9.17, 15) is 9.59 Å². The van der Waals surface area contributed by atoms with Crippen molar-refractivity contribution in [3.8, 4) is 0 Å². The van der Waals surface area contributed by atoms with Crippen LogP contribution in [-0.4, -0.2) is 36.5 Å². The van der Waals surface area contributed by atoms with E-state index in [-0.39, 0.29) is 24.2 Å². The number of hydrogen-bond donors (Lipinski definition) is 1. The van der Waals surface area contributed by atoms with E-state index in [0.717, 1.165) is 48.7 Å². The Kier molecular flexibility index (Phi) is 7.67. The minimum Gasteiger partial charge on any atom is -0.466 e. The average Bonchev–Trinajstić information content (AvgIpc) is 2.71. The quantitative estimate of drug-likeness (QED) is 0.686. The molecule has 5 nitrogen and oxygen atoms in total. The molecule has 1 fully saturated rings. The molecule has 2 aromatic rings. The maximum atomic E-state index is 12.7. The number of amides is 1. The molecule has 0 aliphatic carbocycles. The number of nitrogens with one attached hydrogen (secondary N) is 1. The fourth-order valence-corrected chi connectivity index (χ4v) is 3.72. The molecule has 0 saturated carbocycles. The molecule has 1 saturated heterocycles. The molecule has 154 valence electrons. The number of carbonyl (C=O) groups excluding carboxylic acids is 2. The van der Waals surface area contributed by atoms with Crippen molar-refractivity contribution >= 4 is 29.2 Å². The summed E-state index contributed by atoms with van der Waals surface area (Å²) in [5, 5.41) is 3.74. The highest BCUT2D eigenvalue weighted by Crippen LogP contribution is 2.21. The summed E-state index contributed by atoms with van der Waals surface area (Å²) < 4.78 is 4.96. The van der Waals surface area contributed by atoms with E-state index in [4.69, 9.17) is 16.3 Å². The van der Waals surface area contributed by atoms with Crippen molar-refractivity contribution in [1.82, 2.24) is 4.90 Å². The first kappa shape index (κ1) is 21.3. The van der Waals surface area contributed by atoms with Gasteiger partial charge in [-0.15, -0.1) is 0 Å². The molecular formula is C23H27ClN2O3. The van der Waals surface area contributed by atoms with Gasteiger partial charge in [0.2, 0.25) is 5.91 Å². The largest absolute Gasteiger partial charge is 0.466 e. The molecule has 0 spiro atoms. The van der Waals surface area contributed by atoms with Gasteiger partial charge >= 0.3 is 5.97 Å². The van der Waals surface area contributed by atoms with E-state index < -0.39 is 0 Å². The highest BCUT2D eigenvalue weighted by Gasteiger charge is 2.25. The topological polar surface area (TPSA) is 58.6 Å². The summed E-state index contributed by atoms with van der Waals surface area (Å²) in [6.45, 7) is 4.73. The minimum atomic E-state index is -0.243. The maximum Gasteiger partial charge on any atom is 0.310 e. The van der Waals surface area contributed by atoms with Crippen LogP contribution in [0.4, 0.5) is 5.69 Å². The molecular weight excluding hydrogens is 388 g/mol. The lowest BCUT2D eigenvalue weighted by Gasteiger charge is -2.32. The molecule has 1 amide bonds. The fraction of sp³-hybridized carbons (Fsp3) is 0.391. The zero-order chi connectivity index (χ0) is 20.6. The van der Waals surface area contributed by atoms with Crippen molar-refractivity contribution in [2.24, 2.45) is 5.92 Å². The van der Waals surface area contributed by atoms with Gasteiger partial charge < -0.3 is 10.1 Å². The Morgan fingerprint density at radius 3 is 2.48 bits per heavy atom. The van der Waals surface area contributed by atoms with Gasteiger partial charge in [-0.25, -0.2) is 0 Å². The smallest absolute Gasteiger partial charge is 0.310 e. The number of carbonyl (C=O) groups is 2. The summed E-state index contributed by atoms with van der Waals surface area (Å²) in [7, 11) is 0. The van der Waals surface area contributed by atoms with Crippen LogP contribution in [0, 0.1) is 5.92 Å². The Balaban J connectivity index is 1.51. The SMILES string of the molecule is CCOC(=O)Cc1ccc(NC(=O)C2CCCN(Cc3ccc(Cl)cc3)C2)cc1. The van der Waals surface area contributed by atoms with Crippen LogP contribution in [0.2, 0.25) is 5.02 Å². The second-order valence-corrected chi connectivity index (χ2v) is 7.81. The number of likely N-dealkylation sites (tertiary alicyclic amines) is 1. The number of esters is 1. The molecule has 3 rings (SSSR count).